The van der Waals surface area contributed by atoms with Crippen LogP contribution >= 0.6 is 0 Å². The molecule has 0 aromatic heterocycles. The van der Waals surface area contributed by atoms with Crippen molar-refractivity contribution in [3.63, 3.8) is 0 Å². The fourth-order valence-corrected chi connectivity index (χ4v) is 1.39. The highest BCUT2D eigenvalue weighted by Gasteiger charge is 2.15. The van der Waals surface area contributed by atoms with Crippen LogP contribution < -0.4 is 5.32 Å². The third kappa shape index (κ3) is 3.21. The average Bonchev–Trinajstić information content (AvgIpc) is 2.27. The Labute approximate surface area is 99.4 Å². The van der Waals surface area contributed by atoms with Gasteiger partial charge in [-0.25, -0.2) is 9.59 Å². The van der Waals surface area contributed by atoms with E-state index in [0.717, 1.165) is 0 Å². The Morgan fingerprint density at radius 3 is 2.47 bits per heavy atom. The molecule has 0 amide bonds. The van der Waals surface area contributed by atoms with Crippen LogP contribution in [0.4, 0.5) is 5.69 Å². The molecule has 0 heterocycles. The summed E-state index contributed by atoms with van der Waals surface area (Å²) in [4.78, 5) is 22.4. The van der Waals surface area contributed by atoms with Gasteiger partial charge in [-0.15, -0.1) is 0 Å². The molecule has 1 aromatic carbocycles. The first-order chi connectivity index (χ1) is 7.95. The van der Waals surface area contributed by atoms with Crippen LogP contribution in [0.3, 0.4) is 0 Å². The van der Waals surface area contributed by atoms with Crippen LogP contribution in [0.5, 0.6) is 0 Å². The van der Waals surface area contributed by atoms with Gasteiger partial charge in [0, 0.05) is 11.7 Å². The van der Waals surface area contributed by atoms with E-state index in [1.807, 2.05) is 13.8 Å². The van der Waals surface area contributed by atoms with Crippen molar-refractivity contribution in [2.75, 3.05) is 12.4 Å². The molecular formula is C12H15NO4. The highest BCUT2D eigenvalue weighted by Crippen LogP contribution is 2.19. The third-order valence-electron chi connectivity index (χ3n) is 2.12. The largest absolute Gasteiger partial charge is 0.478 e. The van der Waals surface area contributed by atoms with Crippen molar-refractivity contribution < 1.29 is 19.4 Å². The summed E-state index contributed by atoms with van der Waals surface area (Å²) in [6.45, 7) is 3.85. The summed E-state index contributed by atoms with van der Waals surface area (Å²) in [5.41, 5.74) is 0.845. The molecule has 5 nitrogen and oxygen atoms in total. The molecule has 0 radical (unpaired) electrons. The number of hydrogen-bond donors (Lipinski definition) is 2. The number of carbonyl (C=O) groups is 2. The maximum Gasteiger partial charge on any atom is 0.339 e. The first kappa shape index (κ1) is 13.0. The van der Waals surface area contributed by atoms with E-state index in [0.29, 0.717) is 5.69 Å². The smallest absolute Gasteiger partial charge is 0.339 e. The molecule has 0 aliphatic heterocycles. The number of hydrogen-bond acceptors (Lipinski definition) is 4. The number of aromatic carboxylic acids is 1. The predicted molar refractivity (Wildman–Crippen MR) is 63.5 cm³/mol. The zero-order valence-electron chi connectivity index (χ0n) is 9.98. The van der Waals surface area contributed by atoms with Crippen molar-refractivity contribution in [2.24, 2.45) is 0 Å². The molecule has 0 fully saturated rings. The zero-order valence-corrected chi connectivity index (χ0v) is 9.98. The molecule has 0 unspecified atom stereocenters. The monoisotopic (exact) mass is 237 g/mol. The Morgan fingerprint density at radius 2 is 2.00 bits per heavy atom. The van der Waals surface area contributed by atoms with Gasteiger partial charge in [0.25, 0.3) is 0 Å². The van der Waals surface area contributed by atoms with Gasteiger partial charge >= 0.3 is 11.9 Å². The van der Waals surface area contributed by atoms with Gasteiger partial charge in [-0.05, 0) is 32.0 Å². The molecule has 0 spiro atoms. The minimum atomic E-state index is -1.08. The number of nitrogens with one attached hydrogen (secondary N) is 1. The average molecular weight is 237 g/mol. The van der Waals surface area contributed by atoms with E-state index in [1.54, 1.807) is 6.07 Å². The van der Waals surface area contributed by atoms with Gasteiger partial charge in [0.1, 0.15) is 0 Å². The number of carboxylic acid groups (broad SMARTS) is 1. The van der Waals surface area contributed by atoms with E-state index in [2.05, 4.69) is 10.1 Å². The minimum absolute atomic E-state index is 0.0553. The molecule has 5 heteroatoms. The van der Waals surface area contributed by atoms with Crippen molar-refractivity contribution in [1.82, 2.24) is 0 Å². The molecule has 0 atom stereocenters. The van der Waals surface area contributed by atoms with E-state index in [-0.39, 0.29) is 17.2 Å². The van der Waals surface area contributed by atoms with Crippen molar-refractivity contribution in [3.8, 4) is 0 Å². The molecule has 92 valence electrons. The number of methoxy groups -OCH3 is 1. The number of carboxylic acids is 1. The summed E-state index contributed by atoms with van der Waals surface area (Å²) >= 11 is 0. The number of benzene rings is 1. The first-order valence-corrected chi connectivity index (χ1v) is 5.18. The Hall–Kier alpha value is -2.04. The lowest BCUT2D eigenvalue weighted by Crippen LogP contribution is -2.15. The maximum atomic E-state index is 11.5. The molecule has 1 aromatic rings. The van der Waals surface area contributed by atoms with Crippen LogP contribution in [0.1, 0.15) is 34.6 Å². The fraction of sp³-hybridized carbons (Fsp3) is 0.333. The maximum absolute atomic E-state index is 11.5. The van der Waals surface area contributed by atoms with Gasteiger partial charge in [0.2, 0.25) is 0 Å². The quantitative estimate of drug-likeness (QED) is 0.783. The molecule has 0 aliphatic carbocycles. The number of rotatable bonds is 4. The van der Waals surface area contributed by atoms with Crippen molar-refractivity contribution in [1.29, 1.82) is 0 Å². The normalized spacial score (nSPS) is 10.1. The van der Waals surface area contributed by atoms with Gasteiger partial charge in [-0.3, -0.25) is 0 Å². The lowest BCUT2D eigenvalue weighted by Gasteiger charge is -2.14. The summed E-state index contributed by atoms with van der Waals surface area (Å²) in [7, 11) is 1.26. The van der Waals surface area contributed by atoms with E-state index in [9.17, 15) is 9.59 Å². The van der Waals surface area contributed by atoms with E-state index in [4.69, 9.17) is 5.11 Å². The lowest BCUT2D eigenvalue weighted by atomic mass is 10.1. The van der Waals surface area contributed by atoms with E-state index < -0.39 is 11.9 Å². The second kappa shape index (κ2) is 5.34. The Balaban J connectivity index is 3.21. The molecule has 2 N–H and O–H groups in total. The number of esters is 1. The Kier molecular flexibility index (Phi) is 4.09. The standard InChI is InChI=1S/C12H15NO4/c1-7(2)13-10-5-4-8(11(14)15)6-9(10)12(16)17-3/h4-7,13H,1-3H3,(H,14,15). The minimum Gasteiger partial charge on any atom is -0.478 e. The van der Waals surface area contributed by atoms with Crippen LogP contribution in [0.25, 0.3) is 0 Å². The van der Waals surface area contributed by atoms with Crippen molar-refractivity contribution in [3.05, 3.63) is 29.3 Å². The van der Waals surface area contributed by atoms with Crippen LogP contribution in [0.15, 0.2) is 18.2 Å². The van der Waals surface area contributed by atoms with Crippen LogP contribution in [-0.2, 0) is 4.74 Å². The number of anilines is 1. The third-order valence-corrected chi connectivity index (χ3v) is 2.12. The molecule has 0 saturated heterocycles. The van der Waals surface area contributed by atoms with Gasteiger partial charge in [-0.1, -0.05) is 0 Å². The Bertz CT molecular complexity index is 440. The van der Waals surface area contributed by atoms with Crippen molar-refractivity contribution >= 4 is 17.6 Å². The SMILES string of the molecule is COC(=O)c1cc(C(=O)O)ccc1NC(C)C. The summed E-state index contributed by atoms with van der Waals surface area (Å²) in [5.74, 6) is -1.64. The Morgan fingerprint density at radius 1 is 1.35 bits per heavy atom. The number of ether oxygens (including phenoxy) is 1. The molecule has 0 saturated carbocycles. The van der Waals surface area contributed by atoms with Crippen LogP contribution in [-0.4, -0.2) is 30.2 Å². The molecule has 0 bridgehead atoms. The summed E-state index contributed by atoms with van der Waals surface area (Å²) in [5, 5.41) is 11.9. The first-order valence-electron chi connectivity index (χ1n) is 5.18. The highest BCUT2D eigenvalue weighted by atomic mass is 16.5. The van der Waals surface area contributed by atoms with Gasteiger partial charge < -0.3 is 15.2 Å². The van der Waals surface area contributed by atoms with E-state index in [1.165, 1.54) is 19.2 Å². The summed E-state index contributed by atoms with van der Waals surface area (Å²) < 4.78 is 4.62. The molecule has 17 heavy (non-hydrogen) atoms. The fourth-order valence-electron chi connectivity index (χ4n) is 1.39. The van der Waals surface area contributed by atoms with Gasteiger partial charge in [0.15, 0.2) is 0 Å². The molecule has 1 rings (SSSR count). The van der Waals surface area contributed by atoms with Crippen LogP contribution in [0, 0.1) is 0 Å². The van der Waals surface area contributed by atoms with Crippen LogP contribution in [0.2, 0.25) is 0 Å². The number of carbonyl (C=O) groups excluding carboxylic acids is 1. The van der Waals surface area contributed by atoms with Gasteiger partial charge in [-0.2, -0.15) is 0 Å². The van der Waals surface area contributed by atoms with E-state index >= 15 is 0 Å². The zero-order chi connectivity index (χ0) is 13.0. The molecular weight excluding hydrogens is 222 g/mol. The predicted octanol–water partition coefficient (Wildman–Crippen LogP) is 1.99. The summed E-state index contributed by atoms with van der Waals surface area (Å²) in [6.07, 6.45) is 0. The summed E-state index contributed by atoms with van der Waals surface area (Å²) in [6, 6.07) is 4.45. The second-order valence-electron chi connectivity index (χ2n) is 3.86. The lowest BCUT2D eigenvalue weighted by molar-refractivity contribution is 0.0602. The van der Waals surface area contributed by atoms with Crippen molar-refractivity contribution in [2.45, 2.75) is 19.9 Å². The second-order valence-corrected chi connectivity index (χ2v) is 3.86. The highest BCUT2D eigenvalue weighted by molar-refractivity contribution is 5.99. The van der Waals surface area contributed by atoms with Gasteiger partial charge in [0.05, 0.1) is 18.2 Å². The topological polar surface area (TPSA) is 75.6 Å². The molecule has 0 aliphatic rings.